The molecule has 0 radical (unpaired) electrons. The van der Waals surface area contributed by atoms with Crippen LogP contribution in [0.1, 0.15) is 10.7 Å². The Labute approximate surface area is 110 Å². The molecule has 0 aliphatic carbocycles. The SMILES string of the molecule is Cc1ccc(-c2nc(CN3CCNCC3)no2)s1. The number of nitrogens with one attached hydrogen (secondary N) is 1. The number of rotatable bonds is 3. The molecule has 6 heteroatoms. The van der Waals surface area contributed by atoms with E-state index in [0.717, 1.165) is 43.4 Å². The standard InChI is InChI=1S/C12H16N4OS/c1-9-2-3-10(18-9)12-14-11(15-17-12)8-16-6-4-13-5-7-16/h2-3,13H,4-8H2,1H3. The van der Waals surface area contributed by atoms with E-state index in [9.17, 15) is 0 Å². The molecule has 5 nitrogen and oxygen atoms in total. The van der Waals surface area contributed by atoms with E-state index in [2.05, 4.69) is 33.3 Å². The molecule has 2 aromatic rings. The first-order chi connectivity index (χ1) is 8.81. The fourth-order valence-corrected chi connectivity index (χ4v) is 2.83. The summed E-state index contributed by atoms with van der Waals surface area (Å²) in [7, 11) is 0. The van der Waals surface area contributed by atoms with Gasteiger partial charge >= 0.3 is 0 Å². The quantitative estimate of drug-likeness (QED) is 0.910. The summed E-state index contributed by atoms with van der Waals surface area (Å²) in [6, 6.07) is 4.10. The second-order valence-corrected chi connectivity index (χ2v) is 5.74. The maximum Gasteiger partial charge on any atom is 0.268 e. The molecule has 1 saturated heterocycles. The summed E-state index contributed by atoms with van der Waals surface area (Å²) >= 11 is 1.68. The Kier molecular flexibility index (Phi) is 3.40. The van der Waals surface area contributed by atoms with Crippen LogP contribution in [0.15, 0.2) is 16.7 Å². The molecule has 1 fully saturated rings. The van der Waals surface area contributed by atoms with Gasteiger partial charge in [-0.25, -0.2) is 0 Å². The van der Waals surface area contributed by atoms with Crippen LogP contribution in [-0.2, 0) is 6.54 Å². The maximum absolute atomic E-state index is 5.31. The van der Waals surface area contributed by atoms with Crippen molar-refractivity contribution in [1.29, 1.82) is 0 Å². The number of hydrogen-bond donors (Lipinski definition) is 1. The molecule has 1 N–H and O–H groups in total. The van der Waals surface area contributed by atoms with Crippen LogP contribution in [0.4, 0.5) is 0 Å². The Balaban J connectivity index is 1.69. The molecule has 18 heavy (non-hydrogen) atoms. The summed E-state index contributed by atoms with van der Waals surface area (Å²) in [4.78, 5) is 9.10. The van der Waals surface area contributed by atoms with Crippen molar-refractivity contribution in [1.82, 2.24) is 20.4 Å². The Morgan fingerprint density at radius 3 is 2.94 bits per heavy atom. The molecule has 1 aliphatic rings. The van der Waals surface area contributed by atoms with E-state index in [1.54, 1.807) is 11.3 Å². The number of aryl methyl sites for hydroxylation is 1. The van der Waals surface area contributed by atoms with Crippen LogP contribution in [0.25, 0.3) is 10.8 Å². The summed E-state index contributed by atoms with van der Waals surface area (Å²) in [5.74, 6) is 1.41. The maximum atomic E-state index is 5.31. The highest BCUT2D eigenvalue weighted by Gasteiger charge is 2.15. The minimum absolute atomic E-state index is 0.637. The van der Waals surface area contributed by atoms with Gasteiger partial charge in [-0.1, -0.05) is 5.16 Å². The Morgan fingerprint density at radius 2 is 2.22 bits per heavy atom. The summed E-state index contributed by atoms with van der Waals surface area (Å²) < 4.78 is 5.31. The van der Waals surface area contributed by atoms with Crippen LogP contribution in [-0.4, -0.2) is 41.2 Å². The smallest absolute Gasteiger partial charge is 0.268 e. The van der Waals surface area contributed by atoms with E-state index in [0.29, 0.717) is 5.89 Å². The number of hydrogen-bond acceptors (Lipinski definition) is 6. The van der Waals surface area contributed by atoms with Gasteiger partial charge in [0.1, 0.15) is 0 Å². The van der Waals surface area contributed by atoms with Gasteiger partial charge in [-0.3, -0.25) is 4.90 Å². The molecule has 96 valence electrons. The number of piperazine rings is 1. The van der Waals surface area contributed by atoms with Crippen molar-refractivity contribution in [3.05, 3.63) is 22.8 Å². The first-order valence-electron chi connectivity index (χ1n) is 6.14. The van der Waals surface area contributed by atoms with Gasteiger partial charge in [0.25, 0.3) is 5.89 Å². The molecule has 0 unspecified atom stereocenters. The Bertz CT molecular complexity index is 516. The lowest BCUT2D eigenvalue weighted by molar-refractivity contribution is 0.225. The van der Waals surface area contributed by atoms with Crippen LogP contribution in [0.3, 0.4) is 0 Å². The average molecular weight is 264 g/mol. The van der Waals surface area contributed by atoms with Crippen LogP contribution in [0.2, 0.25) is 0 Å². The van der Waals surface area contributed by atoms with E-state index >= 15 is 0 Å². The third-order valence-corrected chi connectivity index (χ3v) is 3.98. The first kappa shape index (κ1) is 11.8. The van der Waals surface area contributed by atoms with E-state index in [-0.39, 0.29) is 0 Å². The second kappa shape index (κ2) is 5.17. The molecule has 3 heterocycles. The lowest BCUT2D eigenvalue weighted by atomic mass is 10.3. The highest BCUT2D eigenvalue weighted by molar-refractivity contribution is 7.15. The summed E-state index contributed by atoms with van der Waals surface area (Å²) in [5, 5.41) is 7.38. The van der Waals surface area contributed by atoms with Crippen LogP contribution in [0, 0.1) is 6.92 Å². The number of nitrogens with zero attached hydrogens (tertiary/aromatic N) is 3. The van der Waals surface area contributed by atoms with E-state index in [1.165, 1.54) is 4.88 Å². The van der Waals surface area contributed by atoms with Gasteiger partial charge in [0.2, 0.25) is 0 Å². The highest BCUT2D eigenvalue weighted by Crippen LogP contribution is 2.26. The first-order valence-corrected chi connectivity index (χ1v) is 6.95. The Hall–Kier alpha value is -1.24. The molecule has 1 aliphatic heterocycles. The Morgan fingerprint density at radius 1 is 1.39 bits per heavy atom. The van der Waals surface area contributed by atoms with Gasteiger partial charge in [0.05, 0.1) is 11.4 Å². The van der Waals surface area contributed by atoms with E-state index in [4.69, 9.17) is 4.52 Å². The topological polar surface area (TPSA) is 54.2 Å². The molecule has 0 atom stereocenters. The zero-order valence-electron chi connectivity index (χ0n) is 10.3. The highest BCUT2D eigenvalue weighted by atomic mass is 32.1. The van der Waals surface area contributed by atoms with Gasteiger partial charge < -0.3 is 9.84 Å². The van der Waals surface area contributed by atoms with E-state index < -0.39 is 0 Å². The predicted octanol–water partition coefficient (Wildman–Crippen LogP) is 1.51. The fraction of sp³-hybridized carbons (Fsp3) is 0.500. The predicted molar refractivity (Wildman–Crippen MR) is 70.5 cm³/mol. The van der Waals surface area contributed by atoms with Crippen LogP contribution in [0.5, 0.6) is 0 Å². The van der Waals surface area contributed by atoms with Crippen molar-refractivity contribution >= 4 is 11.3 Å². The monoisotopic (exact) mass is 264 g/mol. The molecule has 0 bridgehead atoms. The summed E-state index contributed by atoms with van der Waals surface area (Å²) in [5.41, 5.74) is 0. The lowest BCUT2D eigenvalue weighted by Crippen LogP contribution is -2.43. The van der Waals surface area contributed by atoms with Crippen LogP contribution < -0.4 is 5.32 Å². The van der Waals surface area contributed by atoms with Crippen molar-refractivity contribution in [2.24, 2.45) is 0 Å². The van der Waals surface area contributed by atoms with Gasteiger partial charge in [-0.05, 0) is 19.1 Å². The summed E-state index contributed by atoms with van der Waals surface area (Å²) in [6.07, 6.45) is 0. The molecule has 0 spiro atoms. The second-order valence-electron chi connectivity index (χ2n) is 4.45. The van der Waals surface area contributed by atoms with Crippen molar-refractivity contribution < 1.29 is 4.52 Å². The molecular weight excluding hydrogens is 248 g/mol. The number of thiophene rings is 1. The van der Waals surface area contributed by atoms with Gasteiger partial charge in [-0.15, -0.1) is 11.3 Å². The van der Waals surface area contributed by atoms with Gasteiger partial charge in [-0.2, -0.15) is 4.98 Å². The third kappa shape index (κ3) is 2.60. The zero-order valence-corrected chi connectivity index (χ0v) is 11.2. The molecule has 3 rings (SSSR count). The molecule has 2 aromatic heterocycles. The van der Waals surface area contributed by atoms with Gasteiger partial charge in [0, 0.05) is 31.1 Å². The zero-order chi connectivity index (χ0) is 12.4. The molecule has 0 saturated carbocycles. The van der Waals surface area contributed by atoms with E-state index in [1.807, 2.05) is 6.07 Å². The molecular formula is C12H16N4OS. The average Bonchev–Trinajstić information content (AvgIpc) is 2.99. The van der Waals surface area contributed by atoms with Crippen molar-refractivity contribution in [2.45, 2.75) is 13.5 Å². The minimum Gasteiger partial charge on any atom is -0.333 e. The molecule has 0 amide bonds. The summed E-state index contributed by atoms with van der Waals surface area (Å²) in [6.45, 7) is 7.01. The van der Waals surface area contributed by atoms with Crippen molar-refractivity contribution in [3.63, 3.8) is 0 Å². The number of aromatic nitrogens is 2. The minimum atomic E-state index is 0.637. The van der Waals surface area contributed by atoms with Gasteiger partial charge in [0.15, 0.2) is 5.82 Å². The van der Waals surface area contributed by atoms with Crippen molar-refractivity contribution in [3.8, 4) is 10.8 Å². The third-order valence-electron chi connectivity index (χ3n) is 2.99. The molecule has 0 aromatic carbocycles. The van der Waals surface area contributed by atoms with Crippen LogP contribution >= 0.6 is 11.3 Å². The van der Waals surface area contributed by atoms with Crippen molar-refractivity contribution in [2.75, 3.05) is 26.2 Å². The largest absolute Gasteiger partial charge is 0.333 e. The fourth-order valence-electron chi connectivity index (χ4n) is 2.04. The normalized spacial score (nSPS) is 17.2. The lowest BCUT2D eigenvalue weighted by Gasteiger charge is -2.25.